The lowest BCUT2D eigenvalue weighted by molar-refractivity contribution is 0.0786. The summed E-state index contributed by atoms with van der Waals surface area (Å²) in [6.45, 7) is 11.2. The summed E-state index contributed by atoms with van der Waals surface area (Å²) < 4.78 is 2.19. The first-order chi connectivity index (χ1) is 12.4. The Balaban J connectivity index is 1.85. The Morgan fingerprint density at radius 1 is 1.23 bits per heavy atom. The SMILES string of the molecule is CNCC1CCN(C(=O)c2cc(C)n(-c3ccc(C(C)C)cc3)c2C)C1. The first kappa shape index (κ1) is 18.7. The Hall–Kier alpha value is -2.07. The van der Waals surface area contributed by atoms with Crippen LogP contribution in [0.5, 0.6) is 0 Å². The van der Waals surface area contributed by atoms with E-state index in [1.807, 2.05) is 18.0 Å². The van der Waals surface area contributed by atoms with Crippen LogP contribution in [0.2, 0.25) is 0 Å². The van der Waals surface area contributed by atoms with Gasteiger partial charge in [0.25, 0.3) is 5.91 Å². The second kappa shape index (κ2) is 7.67. The topological polar surface area (TPSA) is 37.3 Å². The standard InChI is InChI=1S/C22H31N3O/c1-15(2)19-6-8-20(9-7-19)25-16(3)12-21(17(25)4)22(26)24-11-10-18(14-24)13-23-5/h6-9,12,15,18,23H,10-11,13-14H2,1-5H3. The van der Waals surface area contributed by atoms with Gasteiger partial charge in [-0.05, 0) is 69.5 Å². The molecule has 0 radical (unpaired) electrons. The molecule has 1 amide bonds. The van der Waals surface area contributed by atoms with Gasteiger partial charge in [-0.25, -0.2) is 0 Å². The number of likely N-dealkylation sites (tertiary alicyclic amines) is 1. The molecule has 1 aromatic carbocycles. The van der Waals surface area contributed by atoms with E-state index in [0.717, 1.165) is 48.7 Å². The molecule has 1 N–H and O–H groups in total. The zero-order valence-corrected chi connectivity index (χ0v) is 16.7. The van der Waals surface area contributed by atoms with Gasteiger partial charge in [-0.1, -0.05) is 26.0 Å². The van der Waals surface area contributed by atoms with Gasteiger partial charge in [0, 0.05) is 30.2 Å². The molecule has 4 heteroatoms. The molecule has 1 fully saturated rings. The van der Waals surface area contributed by atoms with Crippen molar-refractivity contribution in [2.24, 2.45) is 5.92 Å². The molecule has 0 spiro atoms. The summed E-state index contributed by atoms with van der Waals surface area (Å²) in [6, 6.07) is 10.7. The first-order valence-electron chi connectivity index (χ1n) is 9.65. The van der Waals surface area contributed by atoms with Crippen molar-refractivity contribution in [3.05, 3.63) is 52.8 Å². The average molecular weight is 354 g/mol. The number of carbonyl (C=O) groups excluding carboxylic acids is 1. The molecule has 2 heterocycles. The lowest BCUT2D eigenvalue weighted by Gasteiger charge is -2.17. The molecule has 1 unspecified atom stereocenters. The average Bonchev–Trinajstić information content (AvgIpc) is 3.19. The van der Waals surface area contributed by atoms with Gasteiger partial charge < -0.3 is 14.8 Å². The van der Waals surface area contributed by atoms with Crippen LogP contribution in [0.15, 0.2) is 30.3 Å². The minimum atomic E-state index is 0.168. The molecule has 140 valence electrons. The number of nitrogens with one attached hydrogen (secondary N) is 1. The van der Waals surface area contributed by atoms with Crippen LogP contribution in [0, 0.1) is 19.8 Å². The van der Waals surface area contributed by atoms with Crippen LogP contribution in [0.3, 0.4) is 0 Å². The van der Waals surface area contributed by atoms with E-state index in [0.29, 0.717) is 11.8 Å². The summed E-state index contributed by atoms with van der Waals surface area (Å²) in [4.78, 5) is 15.1. The van der Waals surface area contributed by atoms with Crippen molar-refractivity contribution in [2.75, 3.05) is 26.7 Å². The van der Waals surface area contributed by atoms with Crippen molar-refractivity contribution in [3.8, 4) is 5.69 Å². The normalized spacial score (nSPS) is 17.3. The predicted molar refractivity (Wildman–Crippen MR) is 107 cm³/mol. The fraction of sp³-hybridized carbons (Fsp3) is 0.500. The molecule has 26 heavy (non-hydrogen) atoms. The van der Waals surface area contributed by atoms with Crippen molar-refractivity contribution in [3.63, 3.8) is 0 Å². The van der Waals surface area contributed by atoms with E-state index in [1.54, 1.807) is 0 Å². The lowest BCUT2D eigenvalue weighted by atomic mass is 10.0. The zero-order chi connectivity index (χ0) is 18.8. The summed E-state index contributed by atoms with van der Waals surface area (Å²) in [5, 5.41) is 3.23. The number of hydrogen-bond acceptors (Lipinski definition) is 2. The Morgan fingerprint density at radius 3 is 2.54 bits per heavy atom. The predicted octanol–water partition coefficient (Wildman–Crippen LogP) is 3.90. The number of benzene rings is 1. The highest BCUT2D eigenvalue weighted by Gasteiger charge is 2.28. The number of rotatable bonds is 5. The number of carbonyl (C=O) groups is 1. The van der Waals surface area contributed by atoms with Crippen molar-refractivity contribution in [1.82, 2.24) is 14.8 Å². The third kappa shape index (κ3) is 3.56. The second-order valence-electron chi connectivity index (χ2n) is 7.83. The maximum atomic E-state index is 13.1. The van der Waals surface area contributed by atoms with Crippen LogP contribution in [-0.4, -0.2) is 42.1 Å². The van der Waals surface area contributed by atoms with Crippen molar-refractivity contribution < 1.29 is 4.79 Å². The number of hydrogen-bond donors (Lipinski definition) is 1. The molecule has 1 atom stereocenters. The molecular formula is C22H31N3O. The highest BCUT2D eigenvalue weighted by atomic mass is 16.2. The minimum absolute atomic E-state index is 0.168. The van der Waals surface area contributed by atoms with Gasteiger partial charge in [-0.2, -0.15) is 0 Å². The zero-order valence-electron chi connectivity index (χ0n) is 16.7. The van der Waals surface area contributed by atoms with Crippen LogP contribution in [0.1, 0.15) is 53.5 Å². The van der Waals surface area contributed by atoms with Crippen LogP contribution < -0.4 is 5.32 Å². The van der Waals surface area contributed by atoms with E-state index in [-0.39, 0.29) is 5.91 Å². The molecule has 1 aromatic heterocycles. The summed E-state index contributed by atoms with van der Waals surface area (Å²) in [7, 11) is 1.97. The maximum Gasteiger partial charge on any atom is 0.255 e. The minimum Gasteiger partial charge on any atom is -0.338 e. The molecule has 1 aliphatic rings. The smallest absolute Gasteiger partial charge is 0.255 e. The van der Waals surface area contributed by atoms with Crippen LogP contribution >= 0.6 is 0 Å². The van der Waals surface area contributed by atoms with E-state index in [2.05, 4.69) is 61.8 Å². The highest BCUT2D eigenvalue weighted by Crippen LogP contribution is 2.26. The molecule has 1 aliphatic heterocycles. The van der Waals surface area contributed by atoms with Gasteiger partial charge >= 0.3 is 0 Å². The van der Waals surface area contributed by atoms with Gasteiger partial charge in [-0.3, -0.25) is 4.79 Å². The molecular weight excluding hydrogens is 322 g/mol. The monoisotopic (exact) mass is 353 g/mol. The first-order valence-corrected chi connectivity index (χ1v) is 9.65. The van der Waals surface area contributed by atoms with Gasteiger partial charge in [0.2, 0.25) is 0 Å². The quantitative estimate of drug-likeness (QED) is 0.885. The van der Waals surface area contributed by atoms with Crippen molar-refractivity contribution >= 4 is 5.91 Å². The summed E-state index contributed by atoms with van der Waals surface area (Å²) in [6.07, 6.45) is 1.09. The van der Waals surface area contributed by atoms with Gasteiger partial charge in [0.1, 0.15) is 0 Å². The molecule has 0 bridgehead atoms. The third-order valence-electron chi connectivity index (χ3n) is 5.55. The van der Waals surface area contributed by atoms with Gasteiger partial charge in [0.05, 0.1) is 5.56 Å². The number of aryl methyl sites for hydroxylation is 1. The third-order valence-corrected chi connectivity index (χ3v) is 5.55. The Bertz CT molecular complexity index is 773. The molecule has 4 nitrogen and oxygen atoms in total. The summed E-state index contributed by atoms with van der Waals surface area (Å²) in [5.74, 6) is 1.26. The summed E-state index contributed by atoms with van der Waals surface area (Å²) >= 11 is 0. The maximum absolute atomic E-state index is 13.1. The molecule has 2 aromatic rings. The largest absolute Gasteiger partial charge is 0.338 e. The van der Waals surface area contributed by atoms with Crippen molar-refractivity contribution in [2.45, 2.75) is 40.0 Å². The second-order valence-corrected chi connectivity index (χ2v) is 7.83. The van der Waals surface area contributed by atoms with E-state index in [4.69, 9.17) is 0 Å². The highest BCUT2D eigenvalue weighted by molar-refractivity contribution is 5.96. The number of amides is 1. The van der Waals surface area contributed by atoms with E-state index in [1.165, 1.54) is 5.56 Å². The Morgan fingerprint density at radius 2 is 1.92 bits per heavy atom. The fourth-order valence-corrected chi connectivity index (χ4v) is 4.03. The van der Waals surface area contributed by atoms with E-state index in [9.17, 15) is 4.79 Å². The summed E-state index contributed by atoms with van der Waals surface area (Å²) in [5.41, 5.74) is 5.43. The van der Waals surface area contributed by atoms with Crippen LogP contribution in [-0.2, 0) is 0 Å². The molecule has 0 aliphatic carbocycles. The van der Waals surface area contributed by atoms with Gasteiger partial charge in [0.15, 0.2) is 0 Å². The van der Waals surface area contributed by atoms with E-state index >= 15 is 0 Å². The van der Waals surface area contributed by atoms with Crippen LogP contribution in [0.4, 0.5) is 0 Å². The molecule has 0 saturated carbocycles. The fourth-order valence-electron chi connectivity index (χ4n) is 4.03. The molecule has 3 rings (SSSR count). The molecule has 1 saturated heterocycles. The Kier molecular flexibility index (Phi) is 5.52. The Labute approximate surface area is 157 Å². The lowest BCUT2D eigenvalue weighted by Crippen LogP contribution is -2.30. The number of nitrogens with zero attached hydrogens (tertiary/aromatic N) is 2. The van der Waals surface area contributed by atoms with Gasteiger partial charge in [-0.15, -0.1) is 0 Å². The van der Waals surface area contributed by atoms with Crippen LogP contribution in [0.25, 0.3) is 5.69 Å². The van der Waals surface area contributed by atoms with Crippen molar-refractivity contribution in [1.29, 1.82) is 0 Å². The number of aromatic nitrogens is 1. The van der Waals surface area contributed by atoms with E-state index < -0.39 is 0 Å².